The van der Waals surface area contributed by atoms with E-state index in [1.807, 2.05) is 0 Å². The number of rotatable bonds is 2. The lowest BCUT2D eigenvalue weighted by molar-refractivity contribution is 0.626. The molecular formula is C8H6ClFN4S. The largest absolute Gasteiger partial charge is 0.313 e. The molecule has 2 heterocycles. The molecule has 1 N–H and O–H groups in total. The van der Waals surface area contributed by atoms with Crippen LogP contribution < -0.4 is 5.32 Å². The SMILES string of the molecule is Cc1nsc(Nc2ncc(Cl)cc2F)n1. The van der Waals surface area contributed by atoms with Crippen LogP contribution >= 0.6 is 23.1 Å². The third-order valence-electron chi connectivity index (χ3n) is 1.56. The molecule has 0 spiro atoms. The lowest BCUT2D eigenvalue weighted by Gasteiger charge is -2.01. The molecule has 0 saturated carbocycles. The minimum Gasteiger partial charge on any atom is -0.313 e. The van der Waals surface area contributed by atoms with Crippen LogP contribution in [0.15, 0.2) is 12.3 Å². The van der Waals surface area contributed by atoms with Gasteiger partial charge in [0.1, 0.15) is 5.82 Å². The van der Waals surface area contributed by atoms with E-state index in [1.165, 1.54) is 12.3 Å². The highest BCUT2D eigenvalue weighted by molar-refractivity contribution is 7.09. The van der Waals surface area contributed by atoms with Crippen LogP contribution in [0.25, 0.3) is 0 Å². The van der Waals surface area contributed by atoms with Crippen LogP contribution in [0.1, 0.15) is 5.82 Å². The molecule has 7 heteroatoms. The fourth-order valence-corrected chi connectivity index (χ4v) is 1.67. The van der Waals surface area contributed by atoms with E-state index in [4.69, 9.17) is 11.6 Å². The maximum absolute atomic E-state index is 13.3. The topological polar surface area (TPSA) is 50.7 Å². The van der Waals surface area contributed by atoms with Crippen LogP contribution in [-0.4, -0.2) is 14.3 Å². The fraction of sp³-hybridized carbons (Fsp3) is 0.125. The van der Waals surface area contributed by atoms with Gasteiger partial charge in [0.25, 0.3) is 0 Å². The standard InChI is InChI=1S/C8H6ClFN4S/c1-4-12-8(15-14-4)13-7-6(10)2-5(9)3-11-7/h2-3H,1H3,(H,11,12,13,14). The Bertz CT molecular complexity index is 487. The first-order valence-corrected chi connectivity index (χ1v) is 5.18. The molecule has 0 amide bonds. The van der Waals surface area contributed by atoms with Gasteiger partial charge in [0.2, 0.25) is 5.13 Å². The highest BCUT2D eigenvalue weighted by Crippen LogP contribution is 2.20. The Morgan fingerprint density at radius 2 is 2.33 bits per heavy atom. The van der Waals surface area contributed by atoms with Gasteiger partial charge < -0.3 is 5.32 Å². The lowest BCUT2D eigenvalue weighted by atomic mass is 10.4. The predicted octanol–water partition coefficient (Wildman–Crippen LogP) is 2.78. The van der Waals surface area contributed by atoms with Crippen molar-refractivity contribution in [2.75, 3.05) is 5.32 Å². The number of nitrogens with one attached hydrogen (secondary N) is 1. The Morgan fingerprint density at radius 3 is 2.93 bits per heavy atom. The Hall–Kier alpha value is -1.27. The Morgan fingerprint density at radius 1 is 1.53 bits per heavy atom. The summed E-state index contributed by atoms with van der Waals surface area (Å²) in [5.74, 6) is 0.211. The van der Waals surface area contributed by atoms with Gasteiger partial charge in [0, 0.05) is 17.7 Å². The molecule has 15 heavy (non-hydrogen) atoms. The second-order valence-electron chi connectivity index (χ2n) is 2.76. The maximum Gasteiger partial charge on any atom is 0.208 e. The zero-order valence-electron chi connectivity index (χ0n) is 7.66. The second kappa shape index (κ2) is 4.08. The number of pyridine rings is 1. The van der Waals surface area contributed by atoms with E-state index < -0.39 is 5.82 Å². The number of nitrogens with zero attached hydrogens (tertiary/aromatic N) is 3. The summed E-state index contributed by atoms with van der Waals surface area (Å²) in [6.07, 6.45) is 1.36. The molecule has 0 unspecified atom stereocenters. The van der Waals surface area contributed by atoms with E-state index in [9.17, 15) is 4.39 Å². The molecule has 0 fully saturated rings. The Kier molecular flexibility index (Phi) is 2.79. The van der Waals surface area contributed by atoms with Gasteiger partial charge in [0.15, 0.2) is 11.6 Å². The zero-order chi connectivity index (χ0) is 10.8. The molecule has 0 aliphatic rings. The molecular weight excluding hydrogens is 239 g/mol. The van der Waals surface area contributed by atoms with Gasteiger partial charge in [0.05, 0.1) is 5.02 Å². The summed E-state index contributed by atoms with van der Waals surface area (Å²) < 4.78 is 17.2. The van der Waals surface area contributed by atoms with Crippen molar-refractivity contribution in [1.82, 2.24) is 14.3 Å². The number of aromatic nitrogens is 3. The normalized spacial score (nSPS) is 10.3. The van der Waals surface area contributed by atoms with Crippen molar-refractivity contribution < 1.29 is 4.39 Å². The third-order valence-corrected chi connectivity index (χ3v) is 2.49. The summed E-state index contributed by atoms with van der Waals surface area (Å²) in [7, 11) is 0. The van der Waals surface area contributed by atoms with Gasteiger partial charge in [-0.3, -0.25) is 0 Å². The maximum atomic E-state index is 13.3. The van der Waals surface area contributed by atoms with Crippen molar-refractivity contribution in [3.8, 4) is 0 Å². The van der Waals surface area contributed by atoms with Crippen LogP contribution in [0.4, 0.5) is 15.3 Å². The smallest absolute Gasteiger partial charge is 0.208 e. The molecule has 0 saturated heterocycles. The van der Waals surface area contributed by atoms with Crippen LogP contribution in [0.2, 0.25) is 5.02 Å². The highest BCUT2D eigenvalue weighted by atomic mass is 35.5. The molecule has 78 valence electrons. The molecule has 2 aromatic rings. The number of hydrogen-bond acceptors (Lipinski definition) is 5. The Labute approximate surface area is 94.3 Å². The summed E-state index contributed by atoms with van der Waals surface area (Å²) in [4.78, 5) is 7.83. The summed E-state index contributed by atoms with van der Waals surface area (Å²) in [5, 5.41) is 3.48. The summed E-state index contributed by atoms with van der Waals surface area (Å²) in [5.41, 5.74) is 0. The van der Waals surface area contributed by atoms with E-state index >= 15 is 0 Å². The van der Waals surface area contributed by atoms with E-state index in [0.29, 0.717) is 11.0 Å². The molecule has 0 radical (unpaired) electrons. The predicted molar refractivity (Wildman–Crippen MR) is 57.1 cm³/mol. The van der Waals surface area contributed by atoms with Crippen molar-refractivity contribution in [3.63, 3.8) is 0 Å². The zero-order valence-corrected chi connectivity index (χ0v) is 9.23. The number of halogens is 2. The number of aryl methyl sites for hydroxylation is 1. The van der Waals surface area contributed by atoms with Crippen LogP contribution in [0.3, 0.4) is 0 Å². The molecule has 4 nitrogen and oxygen atoms in total. The lowest BCUT2D eigenvalue weighted by Crippen LogP contribution is -1.96. The highest BCUT2D eigenvalue weighted by Gasteiger charge is 2.07. The van der Waals surface area contributed by atoms with Gasteiger partial charge >= 0.3 is 0 Å². The Balaban J connectivity index is 2.24. The van der Waals surface area contributed by atoms with Crippen LogP contribution in [0, 0.1) is 12.7 Å². The quantitative estimate of drug-likeness (QED) is 0.883. The van der Waals surface area contributed by atoms with E-state index in [0.717, 1.165) is 11.5 Å². The summed E-state index contributed by atoms with van der Waals surface area (Å²) >= 11 is 6.71. The van der Waals surface area contributed by atoms with E-state index in [1.54, 1.807) is 6.92 Å². The molecule has 0 aliphatic carbocycles. The number of hydrogen-bond donors (Lipinski definition) is 1. The van der Waals surface area contributed by atoms with Gasteiger partial charge in [-0.15, -0.1) is 0 Å². The minimum atomic E-state index is -0.518. The van der Waals surface area contributed by atoms with Crippen LogP contribution in [-0.2, 0) is 0 Å². The summed E-state index contributed by atoms with van der Waals surface area (Å²) in [6.45, 7) is 1.76. The molecule has 2 aromatic heterocycles. The van der Waals surface area contributed by atoms with Gasteiger partial charge in [-0.2, -0.15) is 4.37 Å². The molecule has 0 atom stereocenters. The first-order valence-electron chi connectivity index (χ1n) is 4.03. The van der Waals surface area contributed by atoms with Gasteiger partial charge in [-0.05, 0) is 13.0 Å². The average Bonchev–Trinajstić information content (AvgIpc) is 2.56. The molecule has 0 aliphatic heterocycles. The monoisotopic (exact) mass is 244 g/mol. The van der Waals surface area contributed by atoms with Crippen molar-refractivity contribution in [3.05, 3.63) is 28.9 Å². The van der Waals surface area contributed by atoms with Gasteiger partial charge in [-0.25, -0.2) is 14.4 Å². The molecule has 0 bridgehead atoms. The van der Waals surface area contributed by atoms with Gasteiger partial charge in [-0.1, -0.05) is 11.6 Å². The molecule has 0 aromatic carbocycles. The second-order valence-corrected chi connectivity index (χ2v) is 3.94. The van der Waals surface area contributed by atoms with Crippen LogP contribution in [0.5, 0.6) is 0 Å². The van der Waals surface area contributed by atoms with Crippen molar-refractivity contribution in [2.45, 2.75) is 6.92 Å². The third kappa shape index (κ3) is 2.40. The van der Waals surface area contributed by atoms with E-state index in [2.05, 4.69) is 19.7 Å². The van der Waals surface area contributed by atoms with E-state index in [-0.39, 0.29) is 10.8 Å². The summed E-state index contributed by atoms with van der Waals surface area (Å²) in [6, 6.07) is 1.19. The average molecular weight is 245 g/mol. The fourth-order valence-electron chi connectivity index (χ4n) is 0.956. The minimum absolute atomic E-state index is 0.0931. The van der Waals surface area contributed by atoms with Crippen molar-refractivity contribution in [1.29, 1.82) is 0 Å². The number of anilines is 2. The molecule has 2 rings (SSSR count). The first-order chi connectivity index (χ1) is 7.15. The van der Waals surface area contributed by atoms with Crippen molar-refractivity contribution in [2.24, 2.45) is 0 Å². The van der Waals surface area contributed by atoms with Crippen molar-refractivity contribution >= 4 is 34.1 Å². The first kappa shape index (κ1) is 10.3.